The van der Waals surface area contributed by atoms with Crippen molar-refractivity contribution in [3.8, 4) is 5.75 Å². The Balaban J connectivity index is 3.42. The van der Waals surface area contributed by atoms with Crippen molar-refractivity contribution in [2.75, 3.05) is 7.11 Å². The Hall–Kier alpha value is -0.470. The lowest BCUT2D eigenvalue weighted by Crippen LogP contribution is -2.08. The van der Waals surface area contributed by atoms with Crippen molar-refractivity contribution in [2.45, 2.75) is 11.9 Å². The Bertz CT molecular complexity index is 557. The van der Waals surface area contributed by atoms with Gasteiger partial charge in [0.2, 0.25) is 9.05 Å². The number of halogens is 5. The molecular formula is C9H7BrClF3O3S. The smallest absolute Gasteiger partial charge is 0.416 e. The van der Waals surface area contributed by atoms with Crippen LogP contribution in [0.25, 0.3) is 0 Å². The van der Waals surface area contributed by atoms with Crippen LogP contribution in [0, 0.1) is 0 Å². The minimum atomic E-state index is -4.58. The minimum Gasteiger partial charge on any atom is -0.495 e. The number of hydrogen-bond acceptors (Lipinski definition) is 3. The molecule has 0 aliphatic heterocycles. The Labute approximate surface area is 114 Å². The van der Waals surface area contributed by atoms with Crippen molar-refractivity contribution in [3.05, 3.63) is 27.7 Å². The van der Waals surface area contributed by atoms with Crippen LogP contribution >= 0.6 is 26.6 Å². The van der Waals surface area contributed by atoms with Crippen LogP contribution in [-0.4, -0.2) is 15.5 Å². The fourth-order valence-electron chi connectivity index (χ4n) is 1.34. The molecule has 18 heavy (non-hydrogen) atoms. The molecule has 102 valence electrons. The quantitative estimate of drug-likeness (QED) is 0.768. The minimum absolute atomic E-state index is 0.00669. The summed E-state index contributed by atoms with van der Waals surface area (Å²) in [5.74, 6) is -0.743. The molecule has 0 bridgehead atoms. The van der Waals surface area contributed by atoms with Gasteiger partial charge in [-0.05, 0) is 28.1 Å². The molecule has 0 heterocycles. The number of methoxy groups -OCH3 is 1. The largest absolute Gasteiger partial charge is 0.495 e. The van der Waals surface area contributed by atoms with Crippen LogP contribution in [0.2, 0.25) is 0 Å². The summed E-state index contributed by atoms with van der Waals surface area (Å²) >= 11 is 2.90. The van der Waals surface area contributed by atoms with Crippen LogP contribution < -0.4 is 4.74 Å². The summed E-state index contributed by atoms with van der Waals surface area (Å²) < 4.78 is 64.5. The number of rotatable bonds is 3. The fraction of sp³-hybridized carbons (Fsp3) is 0.333. The molecule has 1 aromatic carbocycles. The Kier molecular flexibility index (Phi) is 4.56. The highest BCUT2D eigenvalue weighted by molar-refractivity contribution is 9.10. The highest BCUT2D eigenvalue weighted by atomic mass is 79.9. The first-order chi connectivity index (χ1) is 8.04. The molecule has 0 saturated heterocycles. The van der Waals surface area contributed by atoms with E-state index in [4.69, 9.17) is 15.4 Å². The highest BCUT2D eigenvalue weighted by Crippen LogP contribution is 2.38. The molecule has 0 N–H and O–H groups in total. The lowest BCUT2D eigenvalue weighted by atomic mass is 10.1. The first kappa shape index (κ1) is 15.6. The number of ether oxygens (including phenoxy) is 1. The van der Waals surface area contributed by atoms with Crippen molar-refractivity contribution in [1.82, 2.24) is 0 Å². The van der Waals surface area contributed by atoms with Crippen LogP contribution in [0.15, 0.2) is 16.6 Å². The molecular weight excluding hydrogens is 361 g/mol. The SMILES string of the molecule is COc1c(Br)cc(C(F)(F)F)cc1CS(=O)(=O)Cl. The predicted octanol–water partition coefficient (Wildman–Crippen LogP) is 3.55. The molecule has 1 aromatic rings. The summed E-state index contributed by atoms with van der Waals surface area (Å²) in [7, 11) is 2.27. The van der Waals surface area contributed by atoms with E-state index in [0.717, 1.165) is 6.07 Å². The number of alkyl halides is 3. The van der Waals surface area contributed by atoms with Crippen molar-refractivity contribution < 1.29 is 26.3 Å². The Morgan fingerprint density at radius 1 is 1.39 bits per heavy atom. The van der Waals surface area contributed by atoms with Crippen molar-refractivity contribution in [1.29, 1.82) is 0 Å². The van der Waals surface area contributed by atoms with Gasteiger partial charge in [0.25, 0.3) is 0 Å². The lowest BCUT2D eigenvalue weighted by molar-refractivity contribution is -0.137. The maximum absolute atomic E-state index is 12.6. The van der Waals surface area contributed by atoms with Crippen LogP contribution in [0.1, 0.15) is 11.1 Å². The monoisotopic (exact) mass is 366 g/mol. The van der Waals surface area contributed by atoms with Gasteiger partial charge in [0, 0.05) is 16.2 Å². The molecule has 0 aliphatic rings. The highest BCUT2D eigenvalue weighted by Gasteiger charge is 2.32. The fourth-order valence-corrected chi connectivity index (χ4v) is 2.94. The zero-order valence-electron chi connectivity index (χ0n) is 8.88. The van der Waals surface area contributed by atoms with Gasteiger partial charge in [-0.1, -0.05) is 0 Å². The maximum atomic E-state index is 12.6. The average Bonchev–Trinajstić information content (AvgIpc) is 2.13. The molecule has 0 aromatic heterocycles. The van der Waals surface area contributed by atoms with E-state index in [1.54, 1.807) is 0 Å². The van der Waals surface area contributed by atoms with Crippen molar-refractivity contribution >= 4 is 35.7 Å². The second kappa shape index (κ2) is 5.26. The van der Waals surface area contributed by atoms with E-state index >= 15 is 0 Å². The summed E-state index contributed by atoms with van der Waals surface area (Å²) in [4.78, 5) is 0. The normalized spacial score (nSPS) is 12.6. The van der Waals surface area contributed by atoms with Gasteiger partial charge < -0.3 is 4.74 Å². The first-order valence-corrected chi connectivity index (χ1v) is 7.67. The molecule has 0 saturated carbocycles. The number of hydrogen-bond donors (Lipinski definition) is 0. The molecule has 9 heteroatoms. The van der Waals surface area contributed by atoms with Gasteiger partial charge in [-0.2, -0.15) is 13.2 Å². The van der Waals surface area contributed by atoms with Crippen LogP contribution in [0.3, 0.4) is 0 Å². The molecule has 1 rings (SSSR count). The van der Waals surface area contributed by atoms with E-state index in [2.05, 4.69) is 15.9 Å². The second-order valence-electron chi connectivity index (χ2n) is 3.33. The van der Waals surface area contributed by atoms with Gasteiger partial charge in [0.15, 0.2) is 0 Å². The number of benzene rings is 1. The first-order valence-electron chi connectivity index (χ1n) is 4.40. The van der Waals surface area contributed by atoms with Gasteiger partial charge in [-0.25, -0.2) is 8.42 Å². The third-order valence-electron chi connectivity index (χ3n) is 1.98. The van der Waals surface area contributed by atoms with E-state index < -0.39 is 26.5 Å². The van der Waals surface area contributed by atoms with Gasteiger partial charge in [0.1, 0.15) is 5.75 Å². The van der Waals surface area contributed by atoms with E-state index in [-0.39, 0.29) is 15.8 Å². The third-order valence-corrected chi connectivity index (χ3v) is 3.55. The molecule has 0 amide bonds. The molecule has 0 radical (unpaired) electrons. The van der Waals surface area contributed by atoms with Gasteiger partial charge >= 0.3 is 6.18 Å². The van der Waals surface area contributed by atoms with Crippen molar-refractivity contribution in [3.63, 3.8) is 0 Å². The summed E-state index contributed by atoms with van der Waals surface area (Å²) in [5, 5.41) is 0. The van der Waals surface area contributed by atoms with Crippen LogP contribution in [0.4, 0.5) is 13.2 Å². The summed E-state index contributed by atoms with van der Waals surface area (Å²) in [5.41, 5.74) is -1.14. The molecule has 0 atom stereocenters. The van der Waals surface area contributed by atoms with Crippen molar-refractivity contribution in [2.24, 2.45) is 0 Å². The standard InChI is InChI=1S/C9H7BrClF3O3S/c1-17-8-5(4-18(11,15)16)2-6(3-7(8)10)9(12,13)14/h2-3H,4H2,1H3. The summed E-state index contributed by atoms with van der Waals surface area (Å²) in [6, 6.07) is 1.51. The zero-order chi connectivity index (χ0) is 14.1. The molecule has 0 aliphatic carbocycles. The van der Waals surface area contributed by atoms with Crippen LogP contribution in [-0.2, 0) is 21.0 Å². The average molecular weight is 368 g/mol. The summed E-state index contributed by atoms with van der Waals surface area (Å²) in [6.07, 6.45) is -4.58. The molecule has 0 spiro atoms. The lowest BCUT2D eigenvalue weighted by Gasteiger charge is -2.14. The second-order valence-corrected chi connectivity index (χ2v) is 6.96. The zero-order valence-corrected chi connectivity index (χ0v) is 12.0. The Morgan fingerprint density at radius 2 is 1.94 bits per heavy atom. The molecule has 3 nitrogen and oxygen atoms in total. The Morgan fingerprint density at radius 3 is 2.33 bits per heavy atom. The summed E-state index contributed by atoms with van der Waals surface area (Å²) in [6.45, 7) is 0. The third kappa shape index (κ3) is 4.03. The van der Waals surface area contributed by atoms with E-state index in [9.17, 15) is 21.6 Å². The van der Waals surface area contributed by atoms with Gasteiger partial charge in [0.05, 0.1) is 22.9 Å². The van der Waals surface area contributed by atoms with E-state index in [1.165, 1.54) is 7.11 Å². The van der Waals surface area contributed by atoms with E-state index in [0.29, 0.717) is 6.07 Å². The topological polar surface area (TPSA) is 43.4 Å². The van der Waals surface area contributed by atoms with E-state index in [1.807, 2.05) is 0 Å². The predicted molar refractivity (Wildman–Crippen MR) is 64.2 cm³/mol. The molecule has 0 fully saturated rings. The van der Waals surface area contributed by atoms with Crippen LogP contribution in [0.5, 0.6) is 5.75 Å². The van der Waals surface area contributed by atoms with Gasteiger partial charge in [-0.3, -0.25) is 0 Å². The van der Waals surface area contributed by atoms with Gasteiger partial charge in [-0.15, -0.1) is 0 Å². The molecule has 0 unspecified atom stereocenters. The maximum Gasteiger partial charge on any atom is 0.416 e.